The molecule has 4 amide bonds. The third-order valence-electron chi connectivity index (χ3n) is 7.26. The van der Waals surface area contributed by atoms with E-state index in [-0.39, 0.29) is 16.5 Å². The highest BCUT2D eigenvalue weighted by molar-refractivity contribution is 8.00. The van der Waals surface area contributed by atoms with E-state index in [4.69, 9.17) is 0 Å². The van der Waals surface area contributed by atoms with Gasteiger partial charge in [-0.15, -0.1) is 9.35 Å². The van der Waals surface area contributed by atoms with Crippen LogP contribution >= 0.6 is 23.5 Å². The zero-order chi connectivity index (χ0) is 32.5. The van der Waals surface area contributed by atoms with Crippen LogP contribution in [0.4, 0.5) is 13.2 Å². The van der Waals surface area contributed by atoms with Crippen LogP contribution in [0.5, 0.6) is 0 Å². The van der Waals surface area contributed by atoms with Crippen molar-refractivity contribution in [3.63, 3.8) is 0 Å². The monoisotopic (exact) mass is 680 g/mol. The fourth-order valence-electron chi connectivity index (χ4n) is 5.28. The molecule has 2 heterocycles. The number of halogens is 3. The first-order valence-corrected chi connectivity index (χ1v) is 16.2. The average Bonchev–Trinajstić information content (AvgIpc) is 3.01. The van der Waals surface area contributed by atoms with E-state index in [2.05, 4.69) is 9.60 Å². The zero-order valence-corrected chi connectivity index (χ0v) is 25.2. The van der Waals surface area contributed by atoms with Gasteiger partial charge in [0.15, 0.2) is 0 Å². The van der Waals surface area contributed by atoms with Crippen molar-refractivity contribution in [3.05, 3.63) is 107 Å². The topological polar surface area (TPSA) is 127 Å². The van der Waals surface area contributed by atoms with Crippen molar-refractivity contribution in [1.29, 1.82) is 0 Å². The maximum absolute atomic E-state index is 13.0. The van der Waals surface area contributed by atoms with E-state index in [0.29, 0.717) is 26.8 Å². The Morgan fingerprint density at radius 1 is 0.630 bits per heavy atom. The van der Waals surface area contributed by atoms with Crippen LogP contribution in [0.15, 0.2) is 105 Å². The van der Waals surface area contributed by atoms with Gasteiger partial charge in [0, 0.05) is 41.5 Å². The highest BCUT2D eigenvalue weighted by atomic mass is 32.2. The van der Waals surface area contributed by atoms with E-state index in [1.807, 2.05) is 36.4 Å². The number of nitrogens with one attached hydrogen (secondary N) is 1. The van der Waals surface area contributed by atoms with Gasteiger partial charge >= 0.3 is 15.6 Å². The summed E-state index contributed by atoms with van der Waals surface area (Å²) in [4.78, 5) is 53.9. The summed E-state index contributed by atoms with van der Waals surface area (Å²) in [6, 6.07) is 23.4. The van der Waals surface area contributed by atoms with Crippen molar-refractivity contribution in [2.45, 2.75) is 25.1 Å². The predicted molar refractivity (Wildman–Crippen MR) is 161 cm³/mol. The zero-order valence-electron chi connectivity index (χ0n) is 22.7. The summed E-state index contributed by atoms with van der Waals surface area (Å²) in [5.41, 5.74) is -5.43. The van der Waals surface area contributed by atoms with Gasteiger partial charge in [-0.2, -0.15) is 21.6 Å². The van der Waals surface area contributed by atoms with Crippen molar-refractivity contribution in [2.24, 2.45) is 0 Å². The van der Waals surface area contributed by atoms with Gasteiger partial charge in [-0.25, -0.2) is 0 Å². The van der Waals surface area contributed by atoms with E-state index in [1.165, 1.54) is 41.7 Å². The summed E-state index contributed by atoms with van der Waals surface area (Å²) >= 11 is 2.74. The van der Waals surface area contributed by atoms with Crippen molar-refractivity contribution in [1.82, 2.24) is 10.4 Å². The minimum atomic E-state index is -6.28. The quantitative estimate of drug-likeness (QED) is 0.157. The standard InChI is InChI=1S/C31H15F3N2O7S3/c32-31(33,34)46(41,42)43-36-29(39)21-9-3-7-18-24(13-11-22(26(18)21)30(36)40)45-16-5-1-4-15(14-16)44-23-12-10-20-25-17(23)6-2-8-19(25)27(37)35-28(20)38/h1-14H,(H,35,37,38). The normalized spacial score (nSPS) is 14.7. The highest BCUT2D eigenvalue weighted by Gasteiger charge is 2.51. The molecule has 0 saturated carbocycles. The maximum Gasteiger partial charge on any atom is 0.525 e. The minimum absolute atomic E-state index is 0.152. The molecule has 5 aromatic carbocycles. The van der Waals surface area contributed by atoms with Crippen LogP contribution in [0.3, 0.4) is 0 Å². The Morgan fingerprint density at radius 3 is 1.65 bits per heavy atom. The van der Waals surface area contributed by atoms with Crippen LogP contribution in [0.25, 0.3) is 21.5 Å². The first kappa shape index (κ1) is 30.0. The SMILES string of the molecule is O=C1NC(=O)c2ccc(Sc3cccc(Sc4ccc5c6c(cccc46)C(=O)N(OS(=O)(=O)C(F)(F)F)C5=O)c3)c3cccc1c23. The summed E-state index contributed by atoms with van der Waals surface area (Å²) in [5.74, 6) is -3.62. The predicted octanol–water partition coefficient (Wildman–Crippen LogP) is 6.56. The largest absolute Gasteiger partial charge is 0.525 e. The van der Waals surface area contributed by atoms with E-state index >= 15 is 0 Å². The molecular weight excluding hydrogens is 666 g/mol. The highest BCUT2D eigenvalue weighted by Crippen LogP contribution is 2.42. The van der Waals surface area contributed by atoms with E-state index in [0.717, 1.165) is 20.1 Å². The summed E-state index contributed by atoms with van der Waals surface area (Å²) in [7, 11) is -6.28. The molecule has 2 aliphatic heterocycles. The molecule has 0 bridgehead atoms. The molecule has 2 aliphatic rings. The van der Waals surface area contributed by atoms with Crippen LogP contribution in [0.2, 0.25) is 0 Å². The number of nitrogens with zero attached hydrogens (tertiary/aromatic N) is 1. The average molecular weight is 681 g/mol. The van der Waals surface area contributed by atoms with Crippen LogP contribution < -0.4 is 5.32 Å². The van der Waals surface area contributed by atoms with Crippen LogP contribution in [-0.2, 0) is 14.4 Å². The lowest BCUT2D eigenvalue weighted by atomic mass is 9.95. The number of hydrogen-bond donors (Lipinski definition) is 1. The number of benzene rings is 5. The van der Waals surface area contributed by atoms with Crippen molar-refractivity contribution < 1.29 is 45.1 Å². The third kappa shape index (κ3) is 4.83. The summed E-state index contributed by atoms with van der Waals surface area (Å²) in [6.07, 6.45) is 0. The molecule has 9 nitrogen and oxygen atoms in total. The van der Waals surface area contributed by atoms with E-state index in [1.54, 1.807) is 30.3 Å². The Balaban J connectivity index is 1.21. The van der Waals surface area contributed by atoms with Crippen molar-refractivity contribution in [2.75, 3.05) is 0 Å². The lowest BCUT2D eigenvalue weighted by Gasteiger charge is -2.26. The fourth-order valence-corrected chi connectivity index (χ4v) is 7.78. The summed E-state index contributed by atoms with van der Waals surface area (Å²) in [6.45, 7) is 0. The Hall–Kier alpha value is -4.70. The first-order valence-electron chi connectivity index (χ1n) is 13.2. The molecule has 1 N–H and O–H groups in total. The van der Waals surface area contributed by atoms with Crippen molar-refractivity contribution in [3.8, 4) is 0 Å². The molecule has 0 radical (unpaired) electrons. The van der Waals surface area contributed by atoms with Gasteiger partial charge < -0.3 is 0 Å². The molecule has 0 atom stereocenters. The minimum Gasteiger partial charge on any atom is -0.288 e. The number of rotatable bonds is 6. The number of amides is 4. The van der Waals surface area contributed by atoms with Gasteiger partial charge in [0.25, 0.3) is 23.6 Å². The lowest BCUT2D eigenvalue weighted by Crippen LogP contribution is -2.44. The molecule has 0 aromatic heterocycles. The molecule has 7 rings (SSSR count). The van der Waals surface area contributed by atoms with Gasteiger partial charge in [0.05, 0.1) is 11.1 Å². The van der Waals surface area contributed by atoms with E-state index in [9.17, 15) is 40.8 Å². The summed E-state index contributed by atoms with van der Waals surface area (Å²) < 4.78 is 65.9. The Bertz CT molecular complexity index is 2280. The molecule has 0 aliphatic carbocycles. The molecule has 0 spiro atoms. The van der Waals surface area contributed by atoms with Crippen LogP contribution in [0.1, 0.15) is 41.4 Å². The van der Waals surface area contributed by atoms with Crippen LogP contribution in [0, 0.1) is 0 Å². The third-order valence-corrected chi connectivity index (χ3v) is 10.3. The Labute approximate surface area is 265 Å². The maximum atomic E-state index is 13.0. The molecule has 0 unspecified atom stereocenters. The Kier molecular flexibility index (Phi) is 6.97. The lowest BCUT2D eigenvalue weighted by molar-refractivity contribution is -0.0761. The number of carbonyl (C=O) groups is 4. The number of imide groups is 2. The number of alkyl halides is 3. The van der Waals surface area contributed by atoms with Gasteiger partial charge in [-0.1, -0.05) is 53.9 Å². The molecule has 230 valence electrons. The van der Waals surface area contributed by atoms with Gasteiger partial charge in [-0.05, 0) is 65.4 Å². The Morgan fingerprint density at radius 2 is 1.09 bits per heavy atom. The number of carbonyl (C=O) groups excluding carboxylic acids is 4. The second-order valence-electron chi connectivity index (χ2n) is 10.0. The first-order chi connectivity index (χ1) is 21.8. The summed E-state index contributed by atoms with van der Waals surface area (Å²) in [5, 5.41) is 3.89. The number of hydrogen-bond acceptors (Lipinski definition) is 9. The second kappa shape index (κ2) is 10.7. The molecule has 15 heteroatoms. The van der Waals surface area contributed by atoms with E-state index < -0.39 is 44.3 Å². The van der Waals surface area contributed by atoms with Gasteiger partial charge in [0.2, 0.25) is 0 Å². The second-order valence-corrected chi connectivity index (χ2v) is 13.8. The molecular formula is C31H15F3N2O7S3. The fraction of sp³-hybridized carbons (Fsp3) is 0.0323. The van der Waals surface area contributed by atoms with Gasteiger partial charge in [0.1, 0.15) is 0 Å². The molecule has 5 aromatic rings. The molecule has 46 heavy (non-hydrogen) atoms. The van der Waals surface area contributed by atoms with Gasteiger partial charge in [-0.3, -0.25) is 24.5 Å². The number of hydroxylamine groups is 2. The molecule has 0 saturated heterocycles. The molecule has 0 fully saturated rings. The van der Waals surface area contributed by atoms with Crippen molar-refractivity contribution >= 4 is 78.8 Å². The van der Waals surface area contributed by atoms with Crippen LogP contribution in [-0.4, -0.2) is 42.6 Å². The smallest absolute Gasteiger partial charge is 0.288 e.